The monoisotopic (exact) mass is 210 g/mol. The number of nitro groups is 1. The van der Waals surface area contributed by atoms with E-state index in [9.17, 15) is 14.5 Å². The molecule has 0 aliphatic rings. The number of nitro benzene ring substituents is 1. The molecule has 1 radical (unpaired) electrons. The van der Waals surface area contributed by atoms with Crippen LogP contribution in [0.5, 0.6) is 0 Å². The van der Waals surface area contributed by atoms with Gasteiger partial charge < -0.3 is 0 Å². The summed E-state index contributed by atoms with van der Waals surface area (Å²) in [6.07, 6.45) is 0.559. The summed E-state index contributed by atoms with van der Waals surface area (Å²) in [5, 5.41) is 10.9. The third kappa shape index (κ3) is 2.32. The van der Waals surface area contributed by atoms with E-state index in [0.717, 1.165) is 0 Å². The van der Waals surface area contributed by atoms with Gasteiger partial charge in [-0.1, -0.05) is 25.1 Å². The lowest BCUT2D eigenvalue weighted by Gasteiger charge is -2.10. The maximum atomic E-state index is 12.5. The van der Waals surface area contributed by atoms with Crippen molar-refractivity contribution in [2.75, 3.05) is 6.67 Å². The van der Waals surface area contributed by atoms with Crippen LogP contribution in [0, 0.1) is 17.0 Å². The average Bonchev–Trinajstić information content (AvgIpc) is 2.26. The molecule has 0 bridgehead atoms. The molecule has 0 saturated heterocycles. The van der Waals surface area contributed by atoms with Gasteiger partial charge in [0, 0.05) is 17.0 Å². The third-order valence-corrected chi connectivity index (χ3v) is 2.34. The van der Waals surface area contributed by atoms with E-state index in [2.05, 4.69) is 6.92 Å². The first-order chi connectivity index (χ1) is 7.11. The van der Waals surface area contributed by atoms with E-state index >= 15 is 0 Å². The van der Waals surface area contributed by atoms with Gasteiger partial charge in [0.1, 0.15) is 0 Å². The molecule has 81 valence electrons. The van der Waals surface area contributed by atoms with Crippen LogP contribution in [0.4, 0.5) is 10.1 Å². The van der Waals surface area contributed by atoms with Crippen LogP contribution in [0.15, 0.2) is 18.2 Å². The Bertz CT molecular complexity index is 366. The van der Waals surface area contributed by atoms with Crippen molar-refractivity contribution < 1.29 is 9.31 Å². The van der Waals surface area contributed by atoms with Gasteiger partial charge in [-0.3, -0.25) is 14.5 Å². The maximum Gasteiger partial charge on any atom is 0.276 e. The van der Waals surface area contributed by atoms with Crippen LogP contribution in [-0.2, 0) is 6.42 Å². The van der Waals surface area contributed by atoms with Crippen molar-refractivity contribution in [1.29, 1.82) is 0 Å². The van der Waals surface area contributed by atoms with E-state index < -0.39 is 17.5 Å². The highest BCUT2D eigenvalue weighted by Gasteiger charge is 2.21. The quantitative estimate of drug-likeness (QED) is 0.566. The number of alkyl halides is 1. The number of hydrogen-bond acceptors (Lipinski definition) is 2. The summed E-state index contributed by atoms with van der Waals surface area (Å²) in [5.74, 6) is -0.670. The molecular weight excluding hydrogens is 197 g/mol. The fourth-order valence-corrected chi connectivity index (χ4v) is 1.53. The van der Waals surface area contributed by atoms with E-state index in [4.69, 9.17) is 0 Å². The lowest BCUT2D eigenvalue weighted by Crippen LogP contribution is -2.04. The van der Waals surface area contributed by atoms with Crippen LogP contribution in [0.1, 0.15) is 24.0 Å². The molecule has 1 aromatic carbocycles. The Morgan fingerprint density at radius 3 is 2.73 bits per heavy atom. The Morgan fingerprint density at radius 2 is 2.27 bits per heavy atom. The third-order valence-electron chi connectivity index (χ3n) is 2.34. The van der Waals surface area contributed by atoms with Gasteiger partial charge in [0.25, 0.3) is 5.69 Å². The fourth-order valence-electron chi connectivity index (χ4n) is 1.53. The normalized spacial score (nSPS) is 12.5. The summed E-state index contributed by atoms with van der Waals surface area (Å²) in [6.45, 7) is 4.71. The molecule has 0 spiro atoms. The summed E-state index contributed by atoms with van der Waals surface area (Å²) in [7, 11) is 0. The Kier molecular flexibility index (Phi) is 3.77. The largest absolute Gasteiger partial charge is 0.276 e. The zero-order valence-electron chi connectivity index (χ0n) is 8.57. The molecule has 15 heavy (non-hydrogen) atoms. The number of nitrogens with zero attached hydrogens (tertiary/aromatic N) is 1. The smallest absolute Gasteiger partial charge is 0.258 e. The molecule has 0 N–H and O–H groups in total. The topological polar surface area (TPSA) is 43.1 Å². The molecule has 1 atom stereocenters. The predicted octanol–water partition coefficient (Wildman–Crippen LogP) is 3.04. The molecule has 1 aromatic rings. The Hall–Kier alpha value is -1.45. The first-order valence-corrected chi connectivity index (χ1v) is 4.77. The molecule has 0 heterocycles. The number of aryl methyl sites for hydroxylation is 1. The molecule has 0 aromatic heterocycles. The Morgan fingerprint density at radius 1 is 1.60 bits per heavy atom. The van der Waals surface area contributed by atoms with E-state index in [-0.39, 0.29) is 5.69 Å². The number of rotatable bonds is 4. The maximum absolute atomic E-state index is 12.5. The molecule has 0 saturated carbocycles. The molecule has 0 fully saturated rings. The number of halogens is 1. The highest BCUT2D eigenvalue weighted by atomic mass is 19.1. The minimum Gasteiger partial charge on any atom is -0.258 e. The van der Waals surface area contributed by atoms with E-state index in [1.165, 1.54) is 0 Å². The minimum absolute atomic E-state index is 0.0117. The van der Waals surface area contributed by atoms with Crippen molar-refractivity contribution in [3.63, 3.8) is 0 Å². The van der Waals surface area contributed by atoms with Crippen molar-refractivity contribution in [2.24, 2.45) is 0 Å². The van der Waals surface area contributed by atoms with E-state index in [1.54, 1.807) is 18.2 Å². The van der Waals surface area contributed by atoms with Gasteiger partial charge in [-0.15, -0.1) is 0 Å². The average molecular weight is 210 g/mol. The van der Waals surface area contributed by atoms with Crippen molar-refractivity contribution in [2.45, 2.75) is 19.3 Å². The zero-order chi connectivity index (χ0) is 11.4. The van der Waals surface area contributed by atoms with Crippen LogP contribution in [0.2, 0.25) is 0 Å². The first kappa shape index (κ1) is 11.6. The van der Waals surface area contributed by atoms with Crippen LogP contribution in [0.25, 0.3) is 0 Å². The summed E-state index contributed by atoms with van der Waals surface area (Å²) in [4.78, 5) is 10.4. The Balaban J connectivity index is 3.31. The zero-order valence-corrected chi connectivity index (χ0v) is 8.57. The first-order valence-electron chi connectivity index (χ1n) is 4.77. The van der Waals surface area contributed by atoms with E-state index in [0.29, 0.717) is 17.5 Å². The van der Waals surface area contributed by atoms with Crippen LogP contribution < -0.4 is 0 Å². The van der Waals surface area contributed by atoms with Gasteiger partial charge in [0.15, 0.2) is 0 Å². The molecule has 4 heteroatoms. The SMILES string of the molecule is [CH2]C(CF)c1cccc(CC)c1[N+](=O)[O-]. The molecule has 0 amide bonds. The summed E-state index contributed by atoms with van der Waals surface area (Å²) in [6, 6.07) is 4.95. The lowest BCUT2D eigenvalue weighted by atomic mass is 9.96. The predicted molar refractivity (Wildman–Crippen MR) is 56.5 cm³/mol. The second kappa shape index (κ2) is 4.87. The molecule has 0 aliphatic carbocycles. The van der Waals surface area contributed by atoms with E-state index in [1.807, 2.05) is 6.92 Å². The Labute approximate surface area is 88.1 Å². The molecule has 0 aliphatic heterocycles. The highest BCUT2D eigenvalue weighted by molar-refractivity contribution is 5.50. The molecule has 1 rings (SSSR count). The van der Waals surface area contributed by atoms with Gasteiger partial charge in [-0.25, -0.2) is 0 Å². The number of benzene rings is 1. The lowest BCUT2D eigenvalue weighted by molar-refractivity contribution is -0.386. The standard InChI is InChI=1S/C11H13FNO2/c1-3-9-5-4-6-10(8(2)7-12)11(9)13(14)15/h4-6,8H,2-3,7H2,1H3. The highest BCUT2D eigenvalue weighted by Crippen LogP contribution is 2.30. The molecule has 3 nitrogen and oxygen atoms in total. The summed E-state index contributed by atoms with van der Waals surface area (Å²) >= 11 is 0. The van der Waals surface area contributed by atoms with Gasteiger partial charge in [-0.05, 0) is 13.3 Å². The van der Waals surface area contributed by atoms with Gasteiger partial charge in [-0.2, -0.15) is 0 Å². The summed E-state index contributed by atoms with van der Waals surface area (Å²) in [5.41, 5.74) is 1.01. The van der Waals surface area contributed by atoms with Crippen LogP contribution in [0.3, 0.4) is 0 Å². The number of para-hydroxylation sites is 1. The molecular formula is C11H13FNO2. The van der Waals surface area contributed by atoms with Crippen molar-refractivity contribution in [3.05, 3.63) is 46.4 Å². The second-order valence-corrected chi connectivity index (χ2v) is 3.32. The van der Waals surface area contributed by atoms with Gasteiger partial charge in [0.05, 0.1) is 11.6 Å². The summed E-state index contributed by atoms with van der Waals surface area (Å²) < 4.78 is 12.5. The molecule has 1 unspecified atom stereocenters. The number of hydrogen-bond donors (Lipinski definition) is 0. The van der Waals surface area contributed by atoms with Crippen molar-refractivity contribution >= 4 is 5.69 Å². The van der Waals surface area contributed by atoms with Crippen LogP contribution in [-0.4, -0.2) is 11.6 Å². The van der Waals surface area contributed by atoms with Gasteiger partial charge >= 0.3 is 0 Å². The van der Waals surface area contributed by atoms with Gasteiger partial charge in [0.2, 0.25) is 0 Å². The van der Waals surface area contributed by atoms with Crippen molar-refractivity contribution in [1.82, 2.24) is 0 Å². The van der Waals surface area contributed by atoms with Crippen molar-refractivity contribution in [3.8, 4) is 0 Å². The van der Waals surface area contributed by atoms with Crippen LogP contribution >= 0.6 is 0 Å². The second-order valence-electron chi connectivity index (χ2n) is 3.32. The fraction of sp³-hybridized carbons (Fsp3) is 0.364. The minimum atomic E-state index is -0.687.